The van der Waals surface area contributed by atoms with Gasteiger partial charge in [-0.05, 0) is 54.3 Å². The van der Waals surface area contributed by atoms with E-state index in [9.17, 15) is 4.79 Å². The van der Waals surface area contributed by atoms with Gasteiger partial charge in [-0.15, -0.1) is 12.6 Å². The van der Waals surface area contributed by atoms with Crippen LogP contribution in [0.15, 0.2) is 41.3 Å². The number of benzene rings is 2. The first-order chi connectivity index (χ1) is 10.2. The predicted molar refractivity (Wildman–Crippen MR) is 87.0 cm³/mol. The van der Waals surface area contributed by atoms with Gasteiger partial charge in [0.1, 0.15) is 0 Å². The van der Waals surface area contributed by atoms with Gasteiger partial charge in [-0.1, -0.05) is 12.1 Å². The molecule has 2 aliphatic rings. The van der Waals surface area contributed by atoms with E-state index in [1.165, 1.54) is 12.8 Å². The summed E-state index contributed by atoms with van der Waals surface area (Å²) >= 11 is 4.36. The number of nitrogens with one attached hydrogen (secondary N) is 2. The second-order valence-electron chi connectivity index (χ2n) is 6.11. The summed E-state index contributed by atoms with van der Waals surface area (Å²) in [4.78, 5) is 13.4. The minimum Gasteiger partial charge on any atom is -0.348 e. The summed E-state index contributed by atoms with van der Waals surface area (Å²) in [6.07, 6.45) is 3.48. The summed E-state index contributed by atoms with van der Waals surface area (Å²) in [5, 5.41) is 8.92. The van der Waals surface area contributed by atoms with Crippen LogP contribution in [0.4, 0.5) is 0 Å². The Hall–Kier alpha value is -1.52. The maximum absolute atomic E-state index is 12.4. The molecule has 4 heteroatoms. The van der Waals surface area contributed by atoms with Crippen LogP contribution in [0.3, 0.4) is 0 Å². The molecule has 2 N–H and O–H groups in total. The van der Waals surface area contributed by atoms with Crippen LogP contribution in [0.5, 0.6) is 0 Å². The van der Waals surface area contributed by atoms with Crippen molar-refractivity contribution in [1.29, 1.82) is 0 Å². The van der Waals surface area contributed by atoms with Crippen LogP contribution in [-0.4, -0.2) is 24.0 Å². The zero-order valence-corrected chi connectivity index (χ0v) is 12.6. The minimum atomic E-state index is 0.0285. The molecule has 4 rings (SSSR count). The van der Waals surface area contributed by atoms with Crippen LogP contribution < -0.4 is 10.6 Å². The molecule has 2 aliphatic heterocycles. The van der Waals surface area contributed by atoms with Crippen molar-refractivity contribution < 1.29 is 4.79 Å². The molecule has 0 saturated carbocycles. The number of carbonyl (C=O) groups is 1. The number of fused-ring (bicyclic) bond motifs is 3. The van der Waals surface area contributed by atoms with E-state index >= 15 is 0 Å². The van der Waals surface area contributed by atoms with E-state index in [-0.39, 0.29) is 11.9 Å². The van der Waals surface area contributed by atoms with Gasteiger partial charge in [0.25, 0.3) is 5.91 Å². The van der Waals surface area contributed by atoms with Gasteiger partial charge in [0.2, 0.25) is 0 Å². The van der Waals surface area contributed by atoms with Crippen molar-refractivity contribution in [3.05, 3.63) is 42.0 Å². The molecule has 108 valence electrons. The van der Waals surface area contributed by atoms with Crippen LogP contribution in [0.25, 0.3) is 10.8 Å². The van der Waals surface area contributed by atoms with E-state index in [1.54, 1.807) is 0 Å². The van der Waals surface area contributed by atoms with Crippen LogP contribution in [0.2, 0.25) is 0 Å². The number of rotatable bonds is 2. The average Bonchev–Trinajstić information content (AvgIpc) is 3.09. The zero-order valence-electron chi connectivity index (χ0n) is 11.7. The third-order valence-electron chi connectivity index (χ3n) is 4.70. The van der Waals surface area contributed by atoms with E-state index in [2.05, 4.69) is 23.3 Å². The second-order valence-corrected chi connectivity index (χ2v) is 6.63. The normalized spacial score (nSPS) is 27.2. The van der Waals surface area contributed by atoms with Crippen molar-refractivity contribution in [3.63, 3.8) is 0 Å². The standard InChI is InChI=1S/C17H18N2OS/c20-17(19-16-9-13-4-6-15(16)18-13)11-2-1-10-3-5-14(21)8-12(10)7-11/h1-3,5,7-8,13,15-16,18,21H,4,6,9H2,(H,19,20). The van der Waals surface area contributed by atoms with Gasteiger partial charge in [0.15, 0.2) is 0 Å². The molecule has 3 atom stereocenters. The van der Waals surface area contributed by atoms with Gasteiger partial charge in [-0.25, -0.2) is 0 Å². The van der Waals surface area contributed by atoms with E-state index in [1.807, 2.05) is 36.4 Å². The van der Waals surface area contributed by atoms with Gasteiger partial charge in [-0.3, -0.25) is 4.79 Å². The molecule has 2 aromatic rings. The lowest BCUT2D eigenvalue weighted by molar-refractivity contribution is 0.0931. The molecule has 2 saturated heterocycles. The van der Waals surface area contributed by atoms with Gasteiger partial charge >= 0.3 is 0 Å². The number of carbonyl (C=O) groups excluding carboxylic acids is 1. The smallest absolute Gasteiger partial charge is 0.251 e. The minimum absolute atomic E-state index is 0.0285. The summed E-state index contributed by atoms with van der Waals surface area (Å²) in [5.41, 5.74) is 0.726. The summed E-state index contributed by atoms with van der Waals surface area (Å²) < 4.78 is 0. The topological polar surface area (TPSA) is 41.1 Å². The zero-order chi connectivity index (χ0) is 14.4. The predicted octanol–water partition coefficient (Wildman–Crippen LogP) is 2.75. The van der Waals surface area contributed by atoms with E-state index in [0.29, 0.717) is 12.1 Å². The Morgan fingerprint density at radius 1 is 1.14 bits per heavy atom. The molecule has 2 aromatic carbocycles. The lowest BCUT2D eigenvalue weighted by Crippen LogP contribution is -2.42. The number of hydrogen-bond acceptors (Lipinski definition) is 3. The highest BCUT2D eigenvalue weighted by molar-refractivity contribution is 7.80. The lowest BCUT2D eigenvalue weighted by Gasteiger charge is -2.21. The molecule has 0 aliphatic carbocycles. The van der Waals surface area contributed by atoms with Crippen molar-refractivity contribution in [2.24, 2.45) is 0 Å². The molecule has 0 aromatic heterocycles. The van der Waals surface area contributed by atoms with Crippen LogP contribution in [0, 0.1) is 0 Å². The fourth-order valence-electron chi connectivity index (χ4n) is 3.61. The lowest BCUT2D eigenvalue weighted by atomic mass is 9.95. The first kappa shape index (κ1) is 13.2. The summed E-state index contributed by atoms with van der Waals surface area (Å²) in [5.74, 6) is 0.0285. The van der Waals surface area contributed by atoms with Crippen molar-refractivity contribution in [2.45, 2.75) is 42.3 Å². The number of thiol groups is 1. The quantitative estimate of drug-likeness (QED) is 0.746. The molecule has 21 heavy (non-hydrogen) atoms. The second kappa shape index (κ2) is 5.04. The highest BCUT2D eigenvalue weighted by atomic mass is 32.1. The Morgan fingerprint density at radius 3 is 2.76 bits per heavy atom. The van der Waals surface area contributed by atoms with Gasteiger partial charge < -0.3 is 10.6 Å². The Bertz CT molecular complexity index is 715. The van der Waals surface area contributed by atoms with E-state index in [0.717, 1.165) is 27.7 Å². The van der Waals surface area contributed by atoms with Crippen molar-refractivity contribution in [2.75, 3.05) is 0 Å². The van der Waals surface area contributed by atoms with E-state index in [4.69, 9.17) is 0 Å². The van der Waals surface area contributed by atoms with Crippen molar-refractivity contribution >= 4 is 29.3 Å². The number of hydrogen-bond donors (Lipinski definition) is 3. The molecule has 2 heterocycles. The first-order valence-electron chi connectivity index (χ1n) is 7.49. The molecule has 3 nitrogen and oxygen atoms in total. The first-order valence-corrected chi connectivity index (χ1v) is 7.93. The summed E-state index contributed by atoms with van der Waals surface area (Å²) in [7, 11) is 0. The van der Waals surface area contributed by atoms with Crippen LogP contribution >= 0.6 is 12.6 Å². The average molecular weight is 298 g/mol. The maximum atomic E-state index is 12.4. The Kier molecular flexibility index (Phi) is 3.16. The molecular formula is C17H18N2OS. The third kappa shape index (κ3) is 2.43. The molecule has 3 unspecified atom stereocenters. The fraction of sp³-hybridized carbons (Fsp3) is 0.353. The summed E-state index contributed by atoms with van der Waals surface area (Å²) in [6.45, 7) is 0. The van der Waals surface area contributed by atoms with Gasteiger partial charge in [-0.2, -0.15) is 0 Å². The Balaban J connectivity index is 1.56. The molecule has 0 spiro atoms. The molecular weight excluding hydrogens is 280 g/mol. The maximum Gasteiger partial charge on any atom is 0.251 e. The molecule has 1 amide bonds. The van der Waals surface area contributed by atoms with Crippen molar-refractivity contribution in [3.8, 4) is 0 Å². The van der Waals surface area contributed by atoms with Crippen LogP contribution in [-0.2, 0) is 0 Å². The summed E-state index contributed by atoms with van der Waals surface area (Å²) in [6, 6.07) is 13.2. The SMILES string of the molecule is O=C(NC1CC2CCC1N2)c1ccc2ccc(S)cc2c1. The highest BCUT2D eigenvalue weighted by Gasteiger charge is 2.39. The Labute approximate surface area is 129 Å². The van der Waals surface area contributed by atoms with Crippen LogP contribution in [0.1, 0.15) is 29.6 Å². The number of amides is 1. The molecule has 2 fully saturated rings. The van der Waals surface area contributed by atoms with Gasteiger partial charge in [0.05, 0.1) is 0 Å². The molecule has 0 radical (unpaired) electrons. The Morgan fingerprint density at radius 2 is 2.00 bits per heavy atom. The van der Waals surface area contributed by atoms with E-state index < -0.39 is 0 Å². The van der Waals surface area contributed by atoms with Crippen molar-refractivity contribution in [1.82, 2.24) is 10.6 Å². The monoisotopic (exact) mass is 298 g/mol. The largest absolute Gasteiger partial charge is 0.348 e. The van der Waals surface area contributed by atoms with Gasteiger partial charge in [0, 0.05) is 28.6 Å². The highest BCUT2D eigenvalue weighted by Crippen LogP contribution is 2.28. The fourth-order valence-corrected chi connectivity index (χ4v) is 3.82. The molecule has 2 bridgehead atoms. The third-order valence-corrected chi connectivity index (χ3v) is 4.98.